The third kappa shape index (κ3) is 2.75. The highest BCUT2D eigenvalue weighted by atomic mass is 35.5. The number of carboxylic acid groups (broad SMARTS) is 1. The molecular weight excluding hydrogens is 306 g/mol. The summed E-state index contributed by atoms with van der Waals surface area (Å²) < 4.78 is 26.6. The Kier molecular flexibility index (Phi) is 3.69. The van der Waals surface area contributed by atoms with Crippen molar-refractivity contribution in [2.45, 2.75) is 11.8 Å². The van der Waals surface area contributed by atoms with Gasteiger partial charge in [0.25, 0.3) is 10.0 Å². The van der Waals surface area contributed by atoms with Crippen LogP contribution in [0.4, 0.5) is 5.82 Å². The Labute approximate surface area is 119 Å². The van der Waals surface area contributed by atoms with Gasteiger partial charge in [0.05, 0.1) is 21.7 Å². The quantitative estimate of drug-likeness (QED) is 0.797. The summed E-state index contributed by atoms with van der Waals surface area (Å²) in [5.41, 5.74) is 0.330. The number of benzene rings is 1. The molecule has 0 aliphatic carbocycles. The lowest BCUT2D eigenvalue weighted by molar-refractivity contribution is 0.0697. The predicted molar refractivity (Wildman–Crippen MR) is 72.5 cm³/mol. The largest absolute Gasteiger partial charge is 0.478 e. The van der Waals surface area contributed by atoms with E-state index < -0.39 is 16.0 Å². The van der Waals surface area contributed by atoms with E-state index in [4.69, 9.17) is 16.7 Å². The number of H-pyrrole nitrogens is 1. The van der Waals surface area contributed by atoms with Gasteiger partial charge in [-0.05, 0) is 25.1 Å². The third-order valence-electron chi connectivity index (χ3n) is 2.54. The zero-order chi connectivity index (χ0) is 14.9. The van der Waals surface area contributed by atoms with Gasteiger partial charge in [0.2, 0.25) is 0 Å². The number of aromatic carboxylic acids is 1. The van der Waals surface area contributed by atoms with Crippen molar-refractivity contribution >= 4 is 33.4 Å². The van der Waals surface area contributed by atoms with Gasteiger partial charge in [0.15, 0.2) is 0 Å². The van der Waals surface area contributed by atoms with Gasteiger partial charge in [0, 0.05) is 5.56 Å². The molecule has 2 aromatic rings. The average Bonchev–Trinajstić information content (AvgIpc) is 2.74. The van der Waals surface area contributed by atoms with Crippen LogP contribution in [0.3, 0.4) is 0 Å². The molecule has 1 heterocycles. The standard InChI is InChI=1S/C11H10ClN3O4S/c1-6-5-13-14-10(6)15-20(18,19)7-2-3-9(12)8(4-7)11(16)17/h2-5H,1H3,(H,16,17)(H2,13,14,15). The van der Waals surface area contributed by atoms with Gasteiger partial charge in [0.1, 0.15) is 5.82 Å². The zero-order valence-electron chi connectivity index (χ0n) is 10.2. The van der Waals surface area contributed by atoms with E-state index in [9.17, 15) is 13.2 Å². The van der Waals surface area contributed by atoms with Crippen molar-refractivity contribution in [1.82, 2.24) is 10.2 Å². The second-order valence-corrected chi connectivity index (χ2v) is 6.07. The number of carboxylic acids is 1. The molecule has 1 aromatic heterocycles. The van der Waals surface area contributed by atoms with Crippen LogP contribution in [0.1, 0.15) is 15.9 Å². The molecule has 0 amide bonds. The second-order valence-electron chi connectivity index (χ2n) is 3.98. The Bertz CT molecular complexity index is 770. The van der Waals surface area contributed by atoms with Crippen LogP contribution < -0.4 is 4.72 Å². The fourth-order valence-electron chi connectivity index (χ4n) is 1.48. The molecule has 20 heavy (non-hydrogen) atoms. The number of hydrogen-bond acceptors (Lipinski definition) is 4. The molecule has 9 heteroatoms. The van der Waals surface area contributed by atoms with E-state index in [-0.39, 0.29) is 21.3 Å². The third-order valence-corrected chi connectivity index (χ3v) is 4.22. The van der Waals surface area contributed by atoms with Gasteiger partial charge in [-0.15, -0.1) is 0 Å². The number of sulfonamides is 1. The smallest absolute Gasteiger partial charge is 0.337 e. The van der Waals surface area contributed by atoms with Gasteiger partial charge in [-0.1, -0.05) is 11.6 Å². The summed E-state index contributed by atoms with van der Waals surface area (Å²) in [5.74, 6) is -1.08. The van der Waals surface area contributed by atoms with Crippen LogP contribution in [-0.2, 0) is 10.0 Å². The van der Waals surface area contributed by atoms with Gasteiger partial charge >= 0.3 is 5.97 Å². The summed E-state index contributed by atoms with van der Waals surface area (Å²) in [5, 5.41) is 15.1. The summed E-state index contributed by atoms with van der Waals surface area (Å²) in [7, 11) is -3.92. The van der Waals surface area contributed by atoms with Crippen LogP contribution in [-0.4, -0.2) is 29.7 Å². The van der Waals surface area contributed by atoms with Crippen molar-refractivity contribution in [3.05, 3.63) is 40.5 Å². The van der Waals surface area contributed by atoms with E-state index in [0.29, 0.717) is 5.56 Å². The minimum Gasteiger partial charge on any atom is -0.478 e. The van der Waals surface area contributed by atoms with E-state index in [1.165, 1.54) is 18.3 Å². The summed E-state index contributed by atoms with van der Waals surface area (Å²) in [6, 6.07) is 3.45. The van der Waals surface area contributed by atoms with Crippen molar-refractivity contribution in [3.63, 3.8) is 0 Å². The normalized spacial score (nSPS) is 11.3. The van der Waals surface area contributed by atoms with E-state index in [2.05, 4.69) is 14.9 Å². The number of nitrogens with one attached hydrogen (secondary N) is 2. The molecule has 0 atom stereocenters. The van der Waals surface area contributed by atoms with Crippen molar-refractivity contribution in [1.29, 1.82) is 0 Å². The summed E-state index contributed by atoms with van der Waals surface area (Å²) >= 11 is 5.70. The van der Waals surface area contributed by atoms with Gasteiger partial charge in [-0.25, -0.2) is 13.2 Å². The lowest BCUT2D eigenvalue weighted by Gasteiger charge is -2.08. The molecule has 106 valence electrons. The first-order valence-electron chi connectivity index (χ1n) is 5.37. The van der Waals surface area contributed by atoms with E-state index in [1.807, 2.05) is 0 Å². The molecule has 0 aliphatic rings. The maximum absolute atomic E-state index is 12.1. The van der Waals surface area contributed by atoms with Gasteiger partial charge < -0.3 is 5.11 Å². The molecule has 0 fully saturated rings. The number of aryl methyl sites for hydroxylation is 1. The first-order valence-corrected chi connectivity index (χ1v) is 7.23. The molecule has 0 unspecified atom stereocenters. The molecule has 2 rings (SSSR count). The van der Waals surface area contributed by atoms with E-state index in [0.717, 1.165) is 6.07 Å². The highest BCUT2D eigenvalue weighted by molar-refractivity contribution is 7.92. The Morgan fingerprint density at radius 3 is 2.70 bits per heavy atom. The molecule has 0 bridgehead atoms. The zero-order valence-corrected chi connectivity index (χ0v) is 11.8. The van der Waals surface area contributed by atoms with Gasteiger partial charge in [-0.2, -0.15) is 5.10 Å². The molecule has 0 spiro atoms. The molecule has 7 nitrogen and oxygen atoms in total. The maximum atomic E-state index is 12.1. The molecule has 0 saturated heterocycles. The molecule has 1 aromatic carbocycles. The first-order chi connectivity index (χ1) is 9.31. The number of aromatic amines is 1. The summed E-state index contributed by atoms with van der Waals surface area (Å²) in [4.78, 5) is 10.8. The highest BCUT2D eigenvalue weighted by Gasteiger charge is 2.19. The molecule has 0 saturated carbocycles. The van der Waals surface area contributed by atoms with E-state index >= 15 is 0 Å². The van der Waals surface area contributed by atoms with Crippen LogP contribution in [0.5, 0.6) is 0 Å². The number of aromatic nitrogens is 2. The minimum atomic E-state index is -3.92. The topological polar surface area (TPSA) is 112 Å². The van der Waals surface area contributed by atoms with Crippen LogP contribution in [0.2, 0.25) is 5.02 Å². The highest BCUT2D eigenvalue weighted by Crippen LogP contribution is 2.22. The fraction of sp³-hybridized carbons (Fsp3) is 0.0909. The van der Waals surface area contributed by atoms with Crippen molar-refractivity contribution in [2.75, 3.05) is 4.72 Å². The minimum absolute atomic E-state index is 0.0332. The predicted octanol–water partition coefficient (Wildman–Crippen LogP) is 1.87. The monoisotopic (exact) mass is 315 g/mol. The summed E-state index contributed by atoms with van der Waals surface area (Å²) in [6.45, 7) is 1.67. The van der Waals surface area contributed by atoms with Crippen molar-refractivity contribution in [3.8, 4) is 0 Å². The SMILES string of the molecule is Cc1cn[nH]c1NS(=O)(=O)c1ccc(Cl)c(C(=O)O)c1. The Morgan fingerprint density at radius 2 is 2.15 bits per heavy atom. The maximum Gasteiger partial charge on any atom is 0.337 e. The number of anilines is 1. The second kappa shape index (κ2) is 5.14. The summed E-state index contributed by atoms with van der Waals surface area (Å²) in [6.07, 6.45) is 1.46. The Morgan fingerprint density at radius 1 is 1.45 bits per heavy atom. The average molecular weight is 316 g/mol. The molecular formula is C11H10ClN3O4S. The van der Waals surface area contributed by atoms with Crippen LogP contribution in [0.25, 0.3) is 0 Å². The van der Waals surface area contributed by atoms with Crippen LogP contribution in [0.15, 0.2) is 29.3 Å². The number of rotatable bonds is 4. The lowest BCUT2D eigenvalue weighted by Crippen LogP contribution is -2.14. The number of halogens is 1. The van der Waals surface area contributed by atoms with E-state index in [1.54, 1.807) is 6.92 Å². The number of hydrogen-bond donors (Lipinski definition) is 3. The molecule has 0 aliphatic heterocycles. The molecule has 3 N–H and O–H groups in total. The Balaban J connectivity index is 2.42. The van der Waals surface area contributed by atoms with Crippen LogP contribution in [0, 0.1) is 6.92 Å². The Hall–Kier alpha value is -2.06. The fourth-order valence-corrected chi connectivity index (χ4v) is 2.79. The van der Waals surface area contributed by atoms with Gasteiger partial charge in [-0.3, -0.25) is 9.82 Å². The number of carbonyl (C=O) groups is 1. The first kappa shape index (κ1) is 14.4. The number of nitrogens with zero attached hydrogens (tertiary/aromatic N) is 1. The van der Waals surface area contributed by atoms with Crippen LogP contribution >= 0.6 is 11.6 Å². The van der Waals surface area contributed by atoms with Crippen molar-refractivity contribution < 1.29 is 18.3 Å². The molecule has 0 radical (unpaired) electrons. The van der Waals surface area contributed by atoms with Crippen molar-refractivity contribution in [2.24, 2.45) is 0 Å². The lowest BCUT2D eigenvalue weighted by atomic mass is 10.2.